The molecule has 0 saturated heterocycles. The molecule has 1 unspecified atom stereocenters. The van der Waals surface area contributed by atoms with E-state index in [2.05, 4.69) is 0 Å². The largest absolute Gasteiger partial charge is 0.496 e. The number of aliphatic hydroxyl groups excluding tert-OH is 1. The van der Waals surface area contributed by atoms with Crippen LogP contribution < -0.4 is 18.9 Å². The molecule has 2 N–H and O–H groups in total. The molecule has 2 aromatic carbocycles. The first-order valence-electron chi connectivity index (χ1n) is 7.17. The van der Waals surface area contributed by atoms with Crippen LogP contribution in [0.5, 0.6) is 23.0 Å². The first kappa shape index (κ1) is 17.7. The molecule has 0 bridgehead atoms. The van der Waals surface area contributed by atoms with E-state index in [0.29, 0.717) is 39.3 Å². The normalized spacial score (nSPS) is 11.9. The number of fused-ring (bicyclic) bond motifs is 1. The molecular formula is C17H20O7. The van der Waals surface area contributed by atoms with Gasteiger partial charge in [-0.25, -0.2) is 0 Å². The second-order valence-electron chi connectivity index (χ2n) is 5.04. The van der Waals surface area contributed by atoms with Crippen LogP contribution in [0, 0.1) is 0 Å². The molecule has 2 aromatic rings. The number of hydrogen-bond acceptors (Lipinski definition) is 6. The van der Waals surface area contributed by atoms with Crippen molar-refractivity contribution in [2.75, 3.05) is 28.4 Å². The summed E-state index contributed by atoms with van der Waals surface area (Å²) >= 11 is 0. The lowest BCUT2D eigenvalue weighted by Crippen LogP contribution is -2.08. The smallest absolute Gasteiger partial charge is 0.306 e. The highest BCUT2D eigenvalue weighted by Gasteiger charge is 2.25. The van der Waals surface area contributed by atoms with Crippen LogP contribution in [0.3, 0.4) is 0 Å². The maximum absolute atomic E-state index is 10.9. The summed E-state index contributed by atoms with van der Waals surface area (Å²) in [5.74, 6) is 0.642. The quantitative estimate of drug-likeness (QED) is 0.801. The summed E-state index contributed by atoms with van der Waals surface area (Å²) in [5, 5.41) is 20.4. The lowest BCUT2D eigenvalue weighted by molar-refractivity contribution is -0.139. The van der Waals surface area contributed by atoms with Gasteiger partial charge in [0.05, 0.1) is 51.7 Å². The van der Waals surface area contributed by atoms with Crippen molar-refractivity contribution in [3.63, 3.8) is 0 Å². The highest BCUT2D eigenvalue weighted by Crippen LogP contribution is 2.47. The second-order valence-corrected chi connectivity index (χ2v) is 5.04. The van der Waals surface area contributed by atoms with Crippen LogP contribution >= 0.6 is 0 Å². The molecule has 0 radical (unpaired) electrons. The lowest BCUT2D eigenvalue weighted by Gasteiger charge is -2.20. The van der Waals surface area contributed by atoms with Gasteiger partial charge in [0.2, 0.25) is 0 Å². The molecule has 0 aliphatic carbocycles. The summed E-state index contributed by atoms with van der Waals surface area (Å²) in [4.78, 5) is 10.9. The summed E-state index contributed by atoms with van der Waals surface area (Å²) in [6, 6.07) is 4.99. The number of carboxylic acids is 1. The number of benzene rings is 2. The molecule has 0 amide bonds. The molecule has 2 rings (SSSR count). The predicted molar refractivity (Wildman–Crippen MR) is 87.4 cm³/mol. The third-order valence-corrected chi connectivity index (χ3v) is 3.74. The van der Waals surface area contributed by atoms with Gasteiger partial charge in [-0.15, -0.1) is 0 Å². The van der Waals surface area contributed by atoms with Gasteiger partial charge in [0, 0.05) is 5.56 Å². The van der Waals surface area contributed by atoms with E-state index >= 15 is 0 Å². The summed E-state index contributed by atoms with van der Waals surface area (Å²) in [7, 11) is 5.96. The van der Waals surface area contributed by atoms with Crippen molar-refractivity contribution < 1.29 is 34.0 Å². The van der Waals surface area contributed by atoms with Crippen molar-refractivity contribution in [1.29, 1.82) is 0 Å². The highest BCUT2D eigenvalue weighted by atomic mass is 16.5. The van der Waals surface area contributed by atoms with Crippen molar-refractivity contribution in [2.24, 2.45) is 0 Å². The van der Waals surface area contributed by atoms with Crippen LogP contribution in [0.1, 0.15) is 18.1 Å². The molecule has 24 heavy (non-hydrogen) atoms. The van der Waals surface area contributed by atoms with Gasteiger partial charge < -0.3 is 29.2 Å². The van der Waals surface area contributed by atoms with Gasteiger partial charge in [0.15, 0.2) is 0 Å². The Bertz CT molecular complexity index is 754. The number of aliphatic hydroxyl groups is 1. The fraction of sp³-hybridized carbons (Fsp3) is 0.353. The van der Waals surface area contributed by atoms with E-state index in [9.17, 15) is 9.90 Å². The lowest BCUT2D eigenvalue weighted by atomic mass is 9.97. The average Bonchev–Trinajstić information content (AvgIpc) is 2.58. The predicted octanol–water partition coefficient (Wildman–Crippen LogP) is 2.38. The average molecular weight is 336 g/mol. The first-order valence-corrected chi connectivity index (χ1v) is 7.17. The van der Waals surface area contributed by atoms with Crippen LogP contribution in [-0.2, 0) is 4.79 Å². The zero-order chi connectivity index (χ0) is 17.9. The van der Waals surface area contributed by atoms with Crippen LogP contribution in [0.4, 0.5) is 0 Å². The van der Waals surface area contributed by atoms with Gasteiger partial charge in [0.25, 0.3) is 0 Å². The number of aliphatic carboxylic acids is 1. The van der Waals surface area contributed by atoms with Crippen LogP contribution in [0.2, 0.25) is 0 Å². The Kier molecular flexibility index (Phi) is 5.35. The highest BCUT2D eigenvalue weighted by molar-refractivity contribution is 6.03. The van der Waals surface area contributed by atoms with Gasteiger partial charge in [0.1, 0.15) is 23.0 Å². The van der Waals surface area contributed by atoms with Gasteiger partial charge in [-0.3, -0.25) is 4.79 Å². The topological polar surface area (TPSA) is 94.5 Å². The number of carboxylic acid groups (broad SMARTS) is 1. The Hall–Kier alpha value is -2.67. The molecule has 7 nitrogen and oxygen atoms in total. The van der Waals surface area contributed by atoms with Gasteiger partial charge in [-0.2, -0.15) is 0 Å². The summed E-state index contributed by atoms with van der Waals surface area (Å²) in [5.41, 5.74) is 0.302. The standard InChI is InChI=1S/C17H20O7/c1-21-11-5-6-12(22-2)16-15(11)13(23-3)7-9(17(16)24-4)10(18)8-14(19)20/h5-7,10,18H,8H2,1-4H3,(H,19,20). The number of hydrogen-bond donors (Lipinski definition) is 2. The van der Waals surface area contributed by atoms with E-state index in [1.807, 2.05) is 0 Å². The number of carbonyl (C=O) groups is 1. The fourth-order valence-corrected chi connectivity index (χ4v) is 2.70. The Labute approximate surface area is 139 Å². The minimum absolute atomic E-state index is 0.302. The zero-order valence-corrected chi connectivity index (χ0v) is 14.0. The third-order valence-electron chi connectivity index (χ3n) is 3.74. The fourth-order valence-electron chi connectivity index (χ4n) is 2.70. The second kappa shape index (κ2) is 7.27. The Morgan fingerprint density at radius 3 is 1.96 bits per heavy atom. The molecule has 0 aliphatic rings. The van der Waals surface area contributed by atoms with Crippen molar-refractivity contribution in [1.82, 2.24) is 0 Å². The SMILES string of the molecule is COc1ccc(OC)c2c(OC)c(C(O)CC(=O)O)cc(OC)c12. The van der Waals surface area contributed by atoms with E-state index in [4.69, 9.17) is 24.1 Å². The molecule has 0 heterocycles. The van der Waals surface area contributed by atoms with E-state index in [1.54, 1.807) is 18.2 Å². The molecule has 0 aliphatic heterocycles. The molecule has 0 saturated carbocycles. The van der Waals surface area contributed by atoms with E-state index < -0.39 is 18.5 Å². The molecular weight excluding hydrogens is 316 g/mol. The van der Waals surface area contributed by atoms with Crippen molar-refractivity contribution in [2.45, 2.75) is 12.5 Å². The summed E-state index contributed by atoms with van der Waals surface area (Å²) < 4.78 is 21.7. The third kappa shape index (κ3) is 3.03. The molecule has 7 heteroatoms. The molecule has 1 atom stereocenters. The maximum Gasteiger partial charge on any atom is 0.306 e. The minimum Gasteiger partial charge on any atom is -0.496 e. The minimum atomic E-state index is -1.26. The molecule has 0 fully saturated rings. The van der Waals surface area contributed by atoms with Crippen molar-refractivity contribution in [3.05, 3.63) is 23.8 Å². The van der Waals surface area contributed by atoms with Gasteiger partial charge >= 0.3 is 5.97 Å². The zero-order valence-electron chi connectivity index (χ0n) is 14.0. The Balaban J connectivity index is 2.89. The van der Waals surface area contributed by atoms with E-state index in [0.717, 1.165) is 0 Å². The van der Waals surface area contributed by atoms with Gasteiger partial charge in [-0.05, 0) is 18.2 Å². The maximum atomic E-state index is 10.9. The number of rotatable bonds is 7. The monoisotopic (exact) mass is 336 g/mol. The molecule has 130 valence electrons. The van der Waals surface area contributed by atoms with Crippen LogP contribution in [0.25, 0.3) is 10.8 Å². The molecule has 0 spiro atoms. The summed E-state index contributed by atoms with van der Waals surface area (Å²) in [6.45, 7) is 0. The van der Waals surface area contributed by atoms with Crippen molar-refractivity contribution in [3.8, 4) is 23.0 Å². The van der Waals surface area contributed by atoms with E-state index in [-0.39, 0.29) is 0 Å². The molecule has 0 aromatic heterocycles. The van der Waals surface area contributed by atoms with Gasteiger partial charge in [-0.1, -0.05) is 0 Å². The Morgan fingerprint density at radius 2 is 1.50 bits per heavy atom. The first-order chi connectivity index (χ1) is 11.5. The number of methoxy groups -OCH3 is 4. The van der Waals surface area contributed by atoms with Crippen molar-refractivity contribution >= 4 is 16.7 Å². The summed E-state index contributed by atoms with van der Waals surface area (Å²) in [6.07, 6.45) is -1.72. The van der Waals surface area contributed by atoms with Crippen LogP contribution in [0.15, 0.2) is 18.2 Å². The van der Waals surface area contributed by atoms with Crippen LogP contribution in [-0.4, -0.2) is 44.6 Å². The Morgan fingerprint density at radius 1 is 0.958 bits per heavy atom. The van der Waals surface area contributed by atoms with E-state index in [1.165, 1.54) is 28.4 Å². The number of ether oxygens (including phenoxy) is 4.